The van der Waals surface area contributed by atoms with E-state index in [1.54, 1.807) is 24.3 Å². The van der Waals surface area contributed by atoms with Crippen LogP contribution in [0.2, 0.25) is 5.02 Å². The van der Waals surface area contributed by atoms with Gasteiger partial charge in [-0.1, -0.05) is 23.7 Å². The van der Waals surface area contributed by atoms with E-state index in [2.05, 4.69) is 4.99 Å². The first-order valence-electron chi connectivity index (χ1n) is 4.20. The number of halogens is 1. The minimum atomic E-state index is -0.794. The van der Waals surface area contributed by atoms with Crippen molar-refractivity contribution < 1.29 is 14.2 Å². The highest BCUT2D eigenvalue weighted by Crippen LogP contribution is 2.23. The van der Waals surface area contributed by atoms with Crippen LogP contribution in [0.4, 0.5) is 5.69 Å². The largest absolute Gasteiger partial charge is 0.485 e. The van der Waals surface area contributed by atoms with E-state index in [4.69, 9.17) is 11.6 Å². The normalized spacial score (nSPS) is 15.4. The lowest BCUT2D eigenvalue weighted by Gasteiger charge is -2.01. The molecule has 5 heteroatoms. The number of nitrogens with zero attached hydrogens (tertiary/aromatic N) is 2. The van der Waals surface area contributed by atoms with Crippen LogP contribution >= 0.6 is 11.6 Å². The zero-order valence-corrected chi connectivity index (χ0v) is 8.31. The van der Waals surface area contributed by atoms with E-state index >= 15 is 0 Å². The summed E-state index contributed by atoms with van der Waals surface area (Å²) in [6.45, 7) is 0. The lowest BCUT2D eigenvalue weighted by Crippen LogP contribution is -2.28. The van der Waals surface area contributed by atoms with Gasteiger partial charge in [0, 0.05) is 6.07 Å². The maximum atomic E-state index is 11.5. The molecule has 1 aromatic carbocycles. The van der Waals surface area contributed by atoms with Crippen LogP contribution < -0.4 is 0 Å². The van der Waals surface area contributed by atoms with Gasteiger partial charge in [0.2, 0.25) is 5.69 Å². The fraction of sp³-hybridized carbons (Fsp3) is 0. The molecular formula is C10H6ClN2O2+. The van der Waals surface area contributed by atoms with Gasteiger partial charge in [-0.05, 0) is 6.07 Å². The van der Waals surface area contributed by atoms with Crippen molar-refractivity contribution in [2.45, 2.75) is 0 Å². The second-order valence-electron chi connectivity index (χ2n) is 2.86. The molecule has 0 atom stereocenters. The third-order valence-corrected chi connectivity index (χ3v) is 2.24. The van der Waals surface area contributed by atoms with Crippen molar-refractivity contribution in [3.8, 4) is 0 Å². The van der Waals surface area contributed by atoms with Gasteiger partial charge in [0.1, 0.15) is 5.02 Å². The standard InChI is InChI=1S/C10H6ClN2O2/c11-7-3-1-2-4-8(7)13-6-5-12-9(14)10(13)15/h1-6H/q+1. The Balaban J connectivity index is 2.53. The Bertz CT molecular complexity index is 506. The number of hydrogen-bond acceptors (Lipinski definition) is 2. The third kappa shape index (κ3) is 1.71. The zero-order chi connectivity index (χ0) is 10.8. The number of amides is 2. The smallest absolute Gasteiger partial charge is 0.255 e. The van der Waals surface area contributed by atoms with Crippen LogP contribution in [0.5, 0.6) is 0 Å². The van der Waals surface area contributed by atoms with E-state index in [9.17, 15) is 9.59 Å². The highest BCUT2D eigenvalue weighted by atomic mass is 35.5. The zero-order valence-electron chi connectivity index (χ0n) is 7.55. The fourth-order valence-electron chi connectivity index (χ4n) is 1.23. The molecule has 1 aliphatic heterocycles. The Hall–Kier alpha value is -1.81. The molecule has 15 heavy (non-hydrogen) atoms. The Kier molecular flexibility index (Phi) is 2.43. The molecule has 74 valence electrons. The maximum Gasteiger partial charge on any atom is 0.485 e. The van der Waals surface area contributed by atoms with E-state index in [1.807, 2.05) is 0 Å². The lowest BCUT2D eigenvalue weighted by molar-refractivity contribution is -0.355. The predicted octanol–water partition coefficient (Wildman–Crippen LogP) is 1.19. The monoisotopic (exact) mass is 221 g/mol. The second-order valence-corrected chi connectivity index (χ2v) is 3.27. The molecule has 1 aliphatic rings. The van der Waals surface area contributed by atoms with Crippen LogP contribution in [0, 0.1) is 0 Å². The molecule has 0 bridgehead atoms. The Morgan fingerprint density at radius 3 is 2.67 bits per heavy atom. The highest BCUT2D eigenvalue weighted by molar-refractivity contribution is 6.40. The molecule has 0 saturated heterocycles. The minimum absolute atomic E-state index is 0.408. The molecule has 2 amide bonds. The molecule has 0 N–H and O–H groups in total. The van der Waals surface area contributed by atoms with E-state index in [-0.39, 0.29) is 0 Å². The Labute approximate surface area is 90.5 Å². The first kappa shape index (κ1) is 9.73. The molecular weight excluding hydrogens is 216 g/mol. The number of aliphatic imine (C=N–C) groups is 1. The van der Waals surface area contributed by atoms with E-state index in [1.165, 1.54) is 17.0 Å². The first-order valence-corrected chi connectivity index (χ1v) is 4.57. The summed E-state index contributed by atoms with van der Waals surface area (Å²) in [5.41, 5.74) is 0.476. The SMILES string of the molecule is O=C1N=CC=[N+](c2ccccc2Cl)C1=O. The summed E-state index contributed by atoms with van der Waals surface area (Å²) in [5.74, 6) is -1.50. The molecule has 1 heterocycles. The van der Waals surface area contributed by atoms with Crippen LogP contribution in [0.1, 0.15) is 0 Å². The van der Waals surface area contributed by atoms with Gasteiger partial charge in [-0.25, -0.2) is 9.79 Å². The van der Waals surface area contributed by atoms with E-state index in [0.717, 1.165) is 0 Å². The second kappa shape index (κ2) is 3.74. The molecule has 0 aliphatic carbocycles. The van der Waals surface area contributed by atoms with Crippen molar-refractivity contribution in [3.63, 3.8) is 0 Å². The summed E-state index contributed by atoms with van der Waals surface area (Å²) in [6, 6.07) is 6.78. The summed E-state index contributed by atoms with van der Waals surface area (Å²) >= 11 is 5.90. The van der Waals surface area contributed by atoms with Crippen molar-refractivity contribution in [2.24, 2.45) is 4.99 Å². The van der Waals surface area contributed by atoms with Crippen LogP contribution in [0.25, 0.3) is 0 Å². The summed E-state index contributed by atoms with van der Waals surface area (Å²) < 4.78 is 1.18. The third-order valence-electron chi connectivity index (χ3n) is 1.92. The van der Waals surface area contributed by atoms with Gasteiger partial charge in [-0.3, -0.25) is 4.79 Å². The van der Waals surface area contributed by atoms with Crippen molar-refractivity contribution in [2.75, 3.05) is 0 Å². The molecule has 0 radical (unpaired) electrons. The molecule has 0 unspecified atom stereocenters. The van der Waals surface area contributed by atoms with E-state index < -0.39 is 11.8 Å². The molecule has 0 saturated carbocycles. The molecule has 0 fully saturated rings. The number of hydrogen-bond donors (Lipinski definition) is 0. The van der Waals surface area contributed by atoms with E-state index in [0.29, 0.717) is 10.7 Å². The molecule has 0 aromatic heterocycles. The number of carbonyl (C=O) groups excluding carboxylic acids is 2. The van der Waals surface area contributed by atoms with Crippen LogP contribution in [-0.2, 0) is 9.59 Å². The fourth-order valence-corrected chi connectivity index (χ4v) is 1.46. The first-order chi connectivity index (χ1) is 7.20. The van der Waals surface area contributed by atoms with Gasteiger partial charge in [-0.15, -0.1) is 4.58 Å². The van der Waals surface area contributed by atoms with Crippen molar-refractivity contribution in [3.05, 3.63) is 29.3 Å². The van der Waals surface area contributed by atoms with Gasteiger partial charge < -0.3 is 0 Å². The molecule has 2 rings (SSSR count). The molecule has 4 nitrogen and oxygen atoms in total. The quantitative estimate of drug-likeness (QED) is 0.528. The number of rotatable bonds is 1. The number of benzene rings is 1. The van der Waals surface area contributed by atoms with Crippen LogP contribution in [-0.4, -0.2) is 28.8 Å². The average Bonchev–Trinajstić information content (AvgIpc) is 2.23. The average molecular weight is 222 g/mol. The van der Waals surface area contributed by atoms with Gasteiger partial charge in [0.15, 0.2) is 6.21 Å². The summed E-state index contributed by atoms with van der Waals surface area (Å²) in [7, 11) is 0. The predicted molar refractivity (Wildman–Crippen MR) is 55.9 cm³/mol. The van der Waals surface area contributed by atoms with Crippen LogP contribution in [0.3, 0.4) is 0 Å². The maximum absolute atomic E-state index is 11.5. The van der Waals surface area contributed by atoms with Crippen molar-refractivity contribution in [1.82, 2.24) is 0 Å². The number of para-hydroxylation sites is 1. The lowest BCUT2D eigenvalue weighted by atomic mass is 10.3. The summed E-state index contributed by atoms with van der Waals surface area (Å²) in [6.07, 6.45) is 2.68. The van der Waals surface area contributed by atoms with Gasteiger partial charge in [0.25, 0.3) is 0 Å². The number of carbonyl (C=O) groups is 2. The summed E-state index contributed by atoms with van der Waals surface area (Å²) in [5, 5.41) is 0.408. The highest BCUT2D eigenvalue weighted by Gasteiger charge is 2.31. The molecule has 0 spiro atoms. The Morgan fingerprint density at radius 2 is 1.93 bits per heavy atom. The Morgan fingerprint density at radius 1 is 1.20 bits per heavy atom. The van der Waals surface area contributed by atoms with Gasteiger partial charge >= 0.3 is 11.8 Å². The van der Waals surface area contributed by atoms with Gasteiger partial charge in [-0.2, -0.15) is 0 Å². The van der Waals surface area contributed by atoms with Crippen molar-refractivity contribution >= 4 is 41.5 Å². The van der Waals surface area contributed by atoms with Crippen molar-refractivity contribution in [1.29, 1.82) is 0 Å². The minimum Gasteiger partial charge on any atom is -0.255 e. The van der Waals surface area contributed by atoms with Gasteiger partial charge in [0.05, 0.1) is 6.21 Å². The summed E-state index contributed by atoms with van der Waals surface area (Å²) in [4.78, 5) is 25.9. The molecule has 1 aromatic rings. The van der Waals surface area contributed by atoms with Crippen LogP contribution in [0.15, 0.2) is 29.3 Å². The topological polar surface area (TPSA) is 49.5 Å².